The first-order chi connectivity index (χ1) is 5.29. The van der Waals surface area contributed by atoms with Crippen molar-refractivity contribution >= 4 is 0 Å². The van der Waals surface area contributed by atoms with Crippen LogP contribution in [0.2, 0.25) is 0 Å². The van der Waals surface area contributed by atoms with E-state index >= 15 is 0 Å². The lowest BCUT2D eigenvalue weighted by atomic mass is 10.1. The summed E-state index contributed by atoms with van der Waals surface area (Å²) in [4.78, 5) is 7.77. The summed E-state index contributed by atoms with van der Waals surface area (Å²) in [6.45, 7) is 2.00. The molecule has 0 saturated carbocycles. The average Bonchev–Trinajstić information content (AvgIpc) is 2.30. The van der Waals surface area contributed by atoms with Crippen molar-refractivity contribution in [2.24, 2.45) is 0 Å². The Kier molecular flexibility index (Phi) is 1.37. The van der Waals surface area contributed by atoms with E-state index < -0.39 is 6.17 Å². The molecule has 58 valence electrons. The van der Waals surface area contributed by atoms with Crippen molar-refractivity contribution in [2.45, 2.75) is 25.4 Å². The zero-order valence-corrected chi connectivity index (χ0v) is 6.29. The summed E-state index contributed by atoms with van der Waals surface area (Å²) >= 11 is 0. The molecule has 2 rings (SSSR count). The van der Waals surface area contributed by atoms with Gasteiger partial charge < -0.3 is 0 Å². The minimum atomic E-state index is -0.872. The molecule has 3 heteroatoms. The van der Waals surface area contributed by atoms with Gasteiger partial charge >= 0.3 is 0 Å². The fraction of sp³-hybridized carbons (Fsp3) is 0.500. The Morgan fingerprint density at radius 2 is 2.45 bits per heavy atom. The van der Waals surface area contributed by atoms with Crippen LogP contribution in [0.3, 0.4) is 0 Å². The lowest BCUT2D eigenvalue weighted by Crippen LogP contribution is -1.91. The lowest BCUT2D eigenvalue weighted by molar-refractivity contribution is 0.326. The molecule has 0 unspecified atom stereocenters. The van der Waals surface area contributed by atoms with E-state index in [2.05, 4.69) is 9.97 Å². The molecule has 1 aromatic rings. The first kappa shape index (κ1) is 6.70. The fourth-order valence-electron chi connectivity index (χ4n) is 1.54. The van der Waals surface area contributed by atoms with Crippen molar-refractivity contribution in [1.82, 2.24) is 9.97 Å². The van der Waals surface area contributed by atoms with Gasteiger partial charge in [-0.15, -0.1) is 0 Å². The Labute approximate surface area is 64.5 Å². The number of hydrogen-bond donors (Lipinski definition) is 0. The van der Waals surface area contributed by atoms with Crippen LogP contribution >= 0.6 is 0 Å². The van der Waals surface area contributed by atoms with E-state index in [0.29, 0.717) is 12.1 Å². The molecule has 1 aromatic heterocycles. The third kappa shape index (κ3) is 0.914. The van der Waals surface area contributed by atoms with Crippen LogP contribution in [0, 0.1) is 0 Å². The van der Waals surface area contributed by atoms with Gasteiger partial charge in [0.1, 0.15) is 12.5 Å². The summed E-state index contributed by atoms with van der Waals surface area (Å²) < 4.78 is 13.1. The maximum Gasteiger partial charge on any atom is 0.143 e. The van der Waals surface area contributed by atoms with Crippen molar-refractivity contribution < 1.29 is 4.39 Å². The van der Waals surface area contributed by atoms with Crippen LogP contribution in [0.5, 0.6) is 0 Å². The SMILES string of the molecule is C[C@@H]1C[C@@H](F)c2ncncc21. The van der Waals surface area contributed by atoms with Crippen molar-refractivity contribution in [3.05, 3.63) is 23.8 Å². The molecule has 0 fully saturated rings. The van der Waals surface area contributed by atoms with E-state index in [1.54, 1.807) is 6.20 Å². The highest BCUT2D eigenvalue weighted by Gasteiger charge is 2.29. The van der Waals surface area contributed by atoms with Gasteiger partial charge in [-0.25, -0.2) is 14.4 Å². The van der Waals surface area contributed by atoms with Crippen molar-refractivity contribution in [2.75, 3.05) is 0 Å². The third-order valence-corrected chi connectivity index (χ3v) is 2.16. The van der Waals surface area contributed by atoms with E-state index in [1.165, 1.54) is 6.33 Å². The number of fused-ring (bicyclic) bond motifs is 1. The molecule has 1 aliphatic carbocycles. The van der Waals surface area contributed by atoms with E-state index in [0.717, 1.165) is 5.56 Å². The van der Waals surface area contributed by atoms with Crippen LogP contribution < -0.4 is 0 Å². The van der Waals surface area contributed by atoms with Crippen LogP contribution in [0.25, 0.3) is 0 Å². The molecule has 1 aliphatic rings. The number of halogens is 1. The maximum atomic E-state index is 13.1. The Balaban J connectivity index is 2.52. The Bertz CT molecular complexity index is 248. The number of nitrogens with zero attached hydrogens (tertiary/aromatic N) is 2. The molecule has 0 spiro atoms. The van der Waals surface area contributed by atoms with Crippen LogP contribution in [0.1, 0.15) is 36.7 Å². The van der Waals surface area contributed by atoms with Crippen molar-refractivity contribution in [3.8, 4) is 0 Å². The third-order valence-electron chi connectivity index (χ3n) is 2.16. The van der Waals surface area contributed by atoms with Crippen molar-refractivity contribution in [3.63, 3.8) is 0 Å². The molecular weight excluding hydrogens is 143 g/mol. The zero-order valence-electron chi connectivity index (χ0n) is 6.29. The number of aromatic nitrogens is 2. The van der Waals surface area contributed by atoms with E-state index in [9.17, 15) is 4.39 Å². The van der Waals surface area contributed by atoms with Gasteiger partial charge in [0.05, 0.1) is 5.69 Å². The smallest absolute Gasteiger partial charge is 0.143 e. The average molecular weight is 152 g/mol. The minimum absolute atomic E-state index is 0.279. The topological polar surface area (TPSA) is 25.8 Å². The molecule has 0 N–H and O–H groups in total. The first-order valence-corrected chi connectivity index (χ1v) is 3.73. The molecule has 11 heavy (non-hydrogen) atoms. The molecule has 0 radical (unpaired) electrons. The van der Waals surface area contributed by atoms with Gasteiger partial charge in [-0.2, -0.15) is 0 Å². The van der Waals surface area contributed by atoms with Crippen LogP contribution in [-0.2, 0) is 0 Å². The molecule has 0 aromatic carbocycles. The minimum Gasteiger partial charge on any atom is -0.245 e. The van der Waals surface area contributed by atoms with Gasteiger partial charge in [-0.1, -0.05) is 6.92 Å². The first-order valence-electron chi connectivity index (χ1n) is 3.73. The molecule has 0 amide bonds. The lowest BCUT2D eigenvalue weighted by Gasteiger charge is -1.98. The normalized spacial score (nSPS) is 28.5. The highest BCUT2D eigenvalue weighted by atomic mass is 19.1. The standard InChI is InChI=1S/C8H9FN2/c1-5-2-7(9)8-6(5)3-10-4-11-8/h3-5,7H,2H2,1H3/t5-,7-/m1/s1. The maximum absolute atomic E-state index is 13.1. The highest BCUT2D eigenvalue weighted by Crippen LogP contribution is 2.39. The molecule has 0 bridgehead atoms. The molecule has 0 saturated heterocycles. The van der Waals surface area contributed by atoms with Gasteiger partial charge in [0, 0.05) is 6.20 Å². The van der Waals surface area contributed by atoms with Crippen molar-refractivity contribution in [1.29, 1.82) is 0 Å². The fourth-order valence-corrected chi connectivity index (χ4v) is 1.54. The Morgan fingerprint density at radius 3 is 3.18 bits per heavy atom. The van der Waals surface area contributed by atoms with Gasteiger partial charge in [0.2, 0.25) is 0 Å². The summed E-state index contributed by atoms with van der Waals surface area (Å²) in [5.74, 6) is 0.279. The number of alkyl halides is 1. The molecule has 1 heterocycles. The van der Waals surface area contributed by atoms with E-state index in [1.807, 2.05) is 6.92 Å². The number of hydrogen-bond acceptors (Lipinski definition) is 2. The number of rotatable bonds is 0. The summed E-state index contributed by atoms with van der Waals surface area (Å²) in [6.07, 6.45) is 2.81. The predicted octanol–water partition coefficient (Wildman–Crippen LogP) is 1.99. The molecular formula is C8H9FN2. The van der Waals surface area contributed by atoms with E-state index in [-0.39, 0.29) is 5.92 Å². The Hall–Kier alpha value is -0.990. The van der Waals surface area contributed by atoms with Gasteiger partial charge in [-0.05, 0) is 17.9 Å². The summed E-state index contributed by atoms with van der Waals surface area (Å²) in [7, 11) is 0. The van der Waals surface area contributed by atoms with Crippen LogP contribution in [0.4, 0.5) is 4.39 Å². The predicted molar refractivity (Wildman–Crippen MR) is 38.9 cm³/mol. The Morgan fingerprint density at radius 1 is 1.64 bits per heavy atom. The molecule has 2 atom stereocenters. The highest BCUT2D eigenvalue weighted by molar-refractivity contribution is 5.28. The summed E-state index contributed by atoms with van der Waals surface area (Å²) in [6, 6.07) is 0. The van der Waals surface area contributed by atoms with Gasteiger partial charge in [-0.3, -0.25) is 0 Å². The van der Waals surface area contributed by atoms with Gasteiger partial charge in [0.25, 0.3) is 0 Å². The molecule has 2 nitrogen and oxygen atoms in total. The monoisotopic (exact) mass is 152 g/mol. The summed E-state index contributed by atoms with van der Waals surface area (Å²) in [5, 5.41) is 0. The second kappa shape index (κ2) is 2.26. The second-order valence-electron chi connectivity index (χ2n) is 2.97. The van der Waals surface area contributed by atoms with Gasteiger partial charge in [0.15, 0.2) is 0 Å². The summed E-state index contributed by atoms with van der Waals surface area (Å²) in [5.41, 5.74) is 1.56. The largest absolute Gasteiger partial charge is 0.245 e. The molecule has 0 aliphatic heterocycles. The van der Waals surface area contributed by atoms with Crippen LogP contribution in [0.15, 0.2) is 12.5 Å². The van der Waals surface area contributed by atoms with E-state index in [4.69, 9.17) is 0 Å². The van der Waals surface area contributed by atoms with Crippen LogP contribution in [-0.4, -0.2) is 9.97 Å². The quantitative estimate of drug-likeness (QED) is 0.568. The second-order valence-corrected chi connectivity index (χ2v) is 2.97. The zero-order chi connectivity index (χ0) is 7.84.